The van der Waals surface area contributed by atoms with Crippen LogP contribution < -0.4 is 0 Å². The summed E-state index contributed by atoms with van der Waals surface area (Å²) in [5.41, 5.74) is 14.3. The molecule has 0 aliphatic heterocycles. The largest absolute Gasteiger partial charge is 0.354 e. The van der Waals surface area contributed by atoms with E-state index in [1.54, 1.807) is 44.3 Å². The lowest BCUT2D eigenvalue weighted by Gasteiger charge is -2.35. The van der Waals surface area contributed by atoms with Crippen molar-refractivity contribution >= 4 is 16.5 Å². The lowest BCUT2D eigenvalue weighted by Crippen LogP contribution is -2.21. The summed E-state index contributed by atoms with van der Waals surface area (Å²) >= 11 is 0. The van der Waals surface area contributed by atoms with E-state index in [0.29, 0.717) is 11.8 Å². The van der Waals surface area contributed by atoms with Gasteiger partial charge in [0.1, 0.15) is 0 Å². The van der Waals surface area contributed by atoms with Gasteiger partial charge in [0, 0.05) is 16.6 Å². The number of fused-ring (bicyclic) bond motifs is 3. The number of aromatic amines is 1. The molecule has 0 amide bonds. The molecule has 1 aliphatic rings. The van der Waals surface area contributed by atoms with Crippen LogP contribution in [0.4, 0.5) is 0 Å². The van der Waals surface area contributed by atoms with Crippen molar-refractivity contribution in [2.45, 2.75) is 106 Å². The van der Waals surface area contributed by atoms with Gasteiger partial charge in [-0.1, -0.05) is 54.0 Å². The number of aromatic nitrogens is 1. The smallest absolute Gasteiger partial charge is 0.0499 e. The molecule has 2 atom stereocenters. The predicted molar refractivity (Wildman–Crippen MR) is 125 cm³/mol. The van der Waals surface area contributed by atoms with E-state index in [1.807, 2.05) is 0 Å². The van der Waals surface area contributed by atoms with Gasteiger partial charge in [-0.05, 0) is 97.1 Å². The summed E-state index contributed by atoms with van der Waals surface area (Å²) in [4.78, 5) is 4.03. The lowest BCUT2D eigenvalue weighted by molar-refractivity contribution is 0.443. The molecule has 154 valence electrons. The molecule has 1 N–H and O–H groups in total. The molecule has 0 fully saturated rings. The topological polar surface area (TPSA) is 15.8 Å². The highest BCUT2D eigenvalue weighted by Crippen LogP contribution is 2.51. The second-order valence-electron chi connectivity index (χ2n) is 8.53. The monoisotopic (exact) mass is 379 g/mol. The predicted octanol–water partition coefficient (Wildman–Crippen LogP) is 8.27. The molecule has 0 bridgehead atoms. The van der Waals surface area contributed by atoms with Gasteiger partial charge in [-0.2, -0.15) is 0 Å². The SMILES string of the molecule is CCC1=C(CC)C(CC)C(CC)c2c1[nH]c1c(CC)c(CC)c(C)c(CC)c21. The zero-order chi connectivity index (χ0) is 20.6. The maximum atomic E-state index is 4.03. The summed E-state index contributed by atoms with van der Waals surface area (Å²) in [5.74, 6) is 1.36. The van der Waals surface area contributed by atoms with Crippen molar-refractivity contribution in [3.63, 3.8) is 0 Å². The Balaban J connectivity index is 2.53. The third kappa shape index (κ3) is 2.88. The zero-order valence-electron chi connectivity index (χ0n) is 19.6. The van der Waals surface area contributed by atoms with Gasteiger partial charge in [-0.3, -0.25) is 0 Å². The first-order valence-electron chi connectivity index (χ1n) is 11.9. The molecule has 3 rings (SSSR count). The molecule has 2 unspecified atom stereocenters. The maximum absolute atomic E-state index is 4.03. The van der Waals surface area contributed by atoms with Gasteiger partial charge in [-0.15, -0.1) is 0 Å². The zero-order valence-corrected chi connectivity index (χ0v) is 19.6. The van der Waals surface area contributed by atoms with Gasteiger partial charge in [-0.25, -0.2) is 0 Å². The number of hydrogen-bond donors (Lipinski definition) is 1. The van der Waals surface area contributed by atoms with Crippen LogP contribution in [0.3, 0.4) is 0 Å². The van der Waals surface area contributed by atoms with Crippen LogP contribution in [0.25, 0.3) is 16.5 Å². The van der Waals surface area contributed by atoms with Gasteiger partial charge in [0.2, 0.25) is 0 Å². The molecule has 1 aliphatic carbocycles. The van der Waals surface area contributed by atoms with E-state index in [1.165, 1.54) is 30.5 Å². The highest BCUT2D eigenvalue weighted by Gasteiger charge is 2.36. The molecule has 2 aromatic rings. The molecule has 1 aromatic carbocycles. The maximum Gasteiger partial charge on any atom is 0.0499 e. The standard InChI is InChI=1S/C27H41N/c1-9-17-16(8)18(10-2)24-25-21(13-5)19(11-3)20(12-4)23(15-7)27(25)28-26(24)22(17)14-6/h19,21,28H,9-15H2,1-8H3. The van der Waals surface area contributed by atoms with E-state index < -0.39 is 0 Å². The van der Waals surface area contributed by atoms with Crippen LogP contribution in [0.2, 0.25) is 0 Å². The molecule has 0 saturated heterocycles. The third-order valence-corrected chi connectivity index (χ3v) is 7.58. The number of H-pyrrole nitrogens is 1. The molecule has 0 radical (unpaired) electrons. The van der Waals surface area contributed by atoms with Crippen LogP contribution >= 0.6 is 0 Å². The van der Waals surface area contributed by atoms with E-state index in [-0.39, 0.29) is 0 Å². The van der Waals surface area contributed by atoms with Crippen LogP contribution in [-0.2, 0) is 19.3 Å². The second-order valence-corrected chi connectivity index (χ2v) is 8.53. The molecule has 28 heavy (non-hydrogen) atoms. The van der Waals surface area contributed by atoms with Crippen molar-refractivity contribution in [1.82, 2.24) is 4.98 Å². The van der Waals surface area contributed by atoms with Crippen LogP contribution in [0.1, 0.15) is 114 Å². The van der Waals surface area contributed by atoms with Crippen molar-refractivity contribution in [1.29, 1.82) is 0 Å². The Morgan fingerprint density at radius 1 is 0.679 bits per heavy atom. The number of hydrogen-bond acceptors (Lipinski definition) is 0. The Morgan fingerprint density at radius 2 is 1.29 bits per heavy atom. The van der Waals surface area contributed by atoms with Crippen LogP contribution in [0, 0.1) is 12.8 Å². The number of aryl methyl sites for hydroxylation is 2. The summed E-state index contributed by atoms with van der Waals surface area (Å²) in [6.45, 7) is 18.9. The number of nitrogens with one attached hydrogen (secondary N) is 1. The van der Waals surface area contributed by atoms with Crippen molar-refractivity contribution in [2.24, 2.45) is 5.92 Å². The van der Waals surface area contributed by atoms with Gasteiger partial charge in [0.25, 0.3) is 0 Å². The van der Waals surface area contributed by atoms with Crippen molar-refractivity contribution < 1.29 is 0 Å². The van der Waals surface area contributed by atoms with Gasteiger partial charge in [0.05, 0.1) is 0 Å². The quantitative estimate of drug-likeness (QED) is 0.498. The normalized spacial score (nSPS) is 19.6. The minimum absolute atomic E-state index is 0.654. The van der Waals surface area contributed by atoms with Crippen molar-refractivity contribution in [2.75, 3.05) is 0 Å². The summed E-state index contributed by atoms with van der Waals surface area (Å²) in [5, 5.41) is 1.59. The average molecular weight is 380 g/mol. The lowest BCUT2D eigenvalue weighted by atomic mass is 9.69. The van der Waals surface area contributed by atoms with Crippen molar-refractivity contribution in [3.8, 4) is 0 Å². The fourth-order valence-corrected chi connectivity index (χ4v) is 6.45. The van der Waals surface area contributed by atoms with Crippen molar-refractivity contribution in [3.05, 3.63) is 39.1 Å². The van der Waals surface area contributed by atoms with E-state index in [9.17, 15) is 0 Å². The van der Waals surface area contributed by atoms with E-state index in [4.69, 9.17) is 0 Å². The number of allylic oxidation sites excluding steroid dienone is 2. The first-order valence-corrected chi connectivity index (χ1v) is 11.9. The Hall–Kier alpha value is -1.50. The van der Waals surface area contributed by atoms with Gasteiger partial charge < -0.3 is 4.98 Å². The molecule has 0 saturated carbocycles. The summed E-state index contributed by atoms with van der Waals surface area (Å²) in [6.07, 6.45) is 8.19. The minimum Gasteiger partial charge on any atom is -0.354 e. The van der Waals surface area contributed by atoms with E-state index in [0.717, 1.165) is 25.7 Å². The van der Waals surface area contributed by atoms with Crippen LogP contribution in [0.15, 0.2) is 5.57 Å². The highest BCUT2D eigenvalue weighted by molar-refractivity contribution is 5.97. The summed E-state index contributed by atoms with van der Waals surface area (Å²) in [6, 6.07) is 0. The molecule has 1 heteroatoms. The Bertz CT molecular complexity index is 893. The molecular formula is C27H41N. The number of benzene rings is 1. The average Bonchev–Trinajstić information content (AvgIpc) is 3.10. The van der Waals surface area contributed by atoms with Gasteiger partial charge in [0.15, 0.2) is 0 Å². The molecular weight excluding hydrogens is 338 g/mol. The molecule has 1 aromatic heterocycles. The van der Waals surface area contributed by atoms with E-state index in [2.05, 4.69) is 60.4 Å². The minimum atomic E-state index is 0.654. The molecule has 1 nitrogen and oxygen atoms in total. The first-order chi connectivity index (χ1) is 13.5. The molecule has 0 spiro atoms. The third-order valence-electron chi connectivity index (χ3n) is 7.58. The fraction of sp³-hybridized carbons (Fsp3) is 0.630. The Morgan fingerprint density at radius 3 is 1.75 bits per heavy atom. The Kier molecular flexibility index (Phi) is 6.42. The first kappa shape index (κ1) is 21.2. The van der Waals surface area contributed by atoms with Crippen LogP contribution in [-0.4, -0.2) is 4.98 Å². The van der Waals surface area contributed by atoms with E-state index >= 15 is 0 Å². The van der Waals surface area contributed by atoms with Crippen LogP contribution in [0.5, 0.6) is 0 Å². The highest BCUT2D eigenvalue weighted by atomic mass is 14.7. The summed E-state index contributed by atoms with van der Waals surface area (Å²) in [7, 11) is 0. The second kappa shape index (κ2) is 8.47. The summed E-state index contributed by atoms with van der Waals surface area (Å²) < 4.78 is 0. The Labute approximate surface area is 173 Å². The molecule has 1 heterocycles. The number of rotatable bonds is 7. The van der Waals surface area contributed by atoms with Gasteiger partial charge >= 0.3 is 0 Å². The fourth-order valence-electron chi connectivity index (χ4n) is 6.45.